The van der Waals surface area contributed by atoms with Crippen LogP contribution in [0.4, 0.5) is 0 Å². The van der Waals surface area contributed by atoms with E-state index in [0.717, 1.165) is 34.4 Å². The van der Waals surface area contributed by atoms with Crippen LogP contribution in [-0.2, 0) is 33.9 Å². The van der Waals surface area contributed by atoms with E-state index in [1.807, 2.05) is 26.0 Å². The zero-order valence-electron chi connectivity index (χ0n) is 21.8. The van der Waals surface area contributed by atoms with Gasteiger partial charge in [0, 0.05) is 47.6 Å². The van der Waals surface area contributed by atoms with Gasteiger partial charge in [0.25, 0.3) is 0 Å². The third kappa shape index (κ3) is 9.47. The van der Waals surface area contributed by atoms with Crippen molar-refractivity contribution < 1.29 is 58.8 Å². The van der Waals surface area contributed by atoms with Gasteiger partial charge in [0.15, 0.2) is 5.43 Å². The van der Waals surface area contributed by atoms with Crippen LogP contribution in [0.3, 0.4) is 0 Å². The molecule has 0 atom stereocenters. The largest absolute Gasteiger partial charge is 2.00 e. The number of carboxylic acids is 2. The van der Waals surface area contributed by atoms with Gasteiger partial charge in [-0.2, -0.15) is 0 Å². The molecule has 9 N–H and O–H groups in total. The van der Waals surface area contributed by atoms with Gasteiger partial charge in [-0.3, -0.25) is 14.8 Å². The Hall–Kier alpha value is -4.30. The van der Waals surface area contributed by atoms with Crippen molar-refractivity contribution in [2.24, 2.45) is 0 Å². The fourth-order valence-electron chi connectivity index (χ4n) is 3.43. The fraction of sp³-hybridized carbons (Fsp3) is 0.154. The van der Waals surface area contributed by atoms with Crippen LogP contribution < -0.4 is 15.6 Å². The average Bonchev–Trinajstić information content (AvgIpc) is 2.84. The molecule has 40 heavy (non-hydrogen) atoms. The Morgan fingerprint density at radius 2 is 1.35 bits per heavy atom. The zero-order chi connectivity index (χ0) is 25.5. The van der Waals surface area contributed by atoms with Gasteiger partial charge >= 0.3 is 17.1 Å². The quantitative estimate of drug-likeness (QED) is 0.126. The number of aromatic nitrogens is 4. The minimum Gasteiger partial charge on any atom is -0.550 e. The number of aromatic carboxylic acids is 1. The van der Waals surface area contributed by atoms with Crippen molar-refractivity contribution in [1.82, 2.24) is 19.5 Å². The van der Waals surface area contributed by atoms with Crippen molar-refractivity contribution in [3.05, 3.63) is 88.6 Å². The first-order valence-electron chi connectivity index (χ1n) is 10.7. The van der Waals surface area contributed by atoms with Gasteiger partial charge < -0.3 is 46.3 Å². The molecule has 1 aromatic carbocycles. The molecule has 0 aliphatic heterocycles. The number of benzene rings is 1. The van der Waals surface area contributed by atoms with E-state index >= 15 is 0 Å². The van der Waals surface area contributed by atoms with Gasteiger partial charge in [-0.1, -0.05) is 24.3 Å². The maximum atomic E-state index is 11.9. The number of hydrogen-bond donors (Lipinski definition) is 0. The molecule has 5 rings (SSSR count). The number of aryl methyl sites for hydroxylation is 2. The van der Waals surface area contributed by atoms with E-state index in [1.165, 1.54) is 6.20 Å². The van der Waals surface area contributed by atoms with E-state index in [1.54, 1.807) is 29.1 Å². The first-order valence-corrected chi connectivity index (χ1v) is 10.7. The number of carbonyl (C=O) groups is 2. The standard InChI is InChI=1S/C12H12N2O3.C12H8N2.C2H4O2.Cu.4H2O/c1-3-14-6-9(12(16)17)10(15)8-5-4-7(2)13-11(8)14;1-3-9-5-6-10-4-2-8-14-12(10)11(9)13-7-1;1-2(3)4;;;;;/h4-6H,3H2,1-2H3,(H,16,17);1-8H;1H3,(H,3,4);;4*1H2/q;;;+2;;;;/p-1. The maximum Gasteiger partial charge on any atom is 2.00 e. The molecule has 0 fully saturated rings. The third-order valence-corrected chi connectivity index (χ3v) is 4.97. The summed E-state index contributed by atoms with van der Waals surface area (Å²) in [7, 11) is 0. The van der Waals surface area contributed by atoms with Gasteiger partial charge in [-0.15, -0.1) is 0 Å². The van der Waals surface area contributed by atoms with E-state index in [9.17, 15) is 14.7 Å². The molecule has 0 amide bonds. The molecule has 0 aliphatic carbocycles. The van der Waals surface area contributed by atoms with Crippen LogP contribution in [0, 0.1) is 6.92 Å². The second kappa shape index (κ2) is 18.1. The molecule has 0 saturated heterocycles. The van der Waals surface area contributed by atoms with Crippen molar-refractivity contribution in [2.45, 2.75) is 27.3 Å². The van der Waals surface area contributed by atoms with E-state index in [2.05, 4.69) is 39.2 Å². The smallest absolute Gasteiger partial charge is 0.550 e. The number of nitrogens with zero attached hydrogens (tertiary/aromatic N) is 4. The third-order valence-electron chi connectivity index (χ3n) is 4.97. The number of pyridine rings is 4. The number of aliphatic carboxylic acids is 1. The molecule has 0 saturated carbocycles. The second-order valence-corrected chi connectivity index (χ2v) is 7.48. The predicted molar refractivity (Wildman–Crippen MR) is 144 cm³/mol. The van der Waals surface area contributed by atoms with Gasteiger partial charge in [-0.05, 0) is 45.0 Å². The first-order chi connectivity index (χ1) is 16.7. The van der Waals surface area contributed by atoms with Crippen LogP contribution in [0.1, 0.15) is 29.9 Å². The molecule has 0 unspecified atom stereocenters. The number of rotatable bonds is 2. The van der Waals surface area contributed by atoms with Gasteiger partial charge in [-0.25, -0.2) is 4.98 Å². The fourth-order valence-corrected chi connectivity index (χ4v) is 3.43. The summed E-state index contributed by atoms with van der Waals surface area (Å²) in [5, 5.41) is 22.3. The summed E-state index contributed by atoms with van der Waals surface area (Å²) in [6, 6.07) is 15.4. The molecule has 0 aliphatic rings. The van der Waals surface area contributed by atoms with Crippen LogP contribution in [0.2, 0.25) is 0 Å². The predicted octanol–water partition coefficient (Wildman–Crippen LogP) is -1.77. The van der Waals surface area contributed by atoms with Crippen molar-refractivity contribution in [3.63, 3.8) is 0 Å². The van der Waals surface area contributed by atoms with Crippen LogP contribution >= 0.6 is 0 Å². The molecule has 14 heteroatoms. The van der Waals surface area contributed by atoms with E-state index in [4.69, 9.17) is 9.90 Å². The Bertz CT molecular complexity index is 1550. The van der Waals surface area contributed by atoms with Crippen LogP contribution in [-0.4, -0.2) is 47.9 Å². The molecule has 0 spiro atoms. The molecule has 4 aromatic heterocycles. The van der Waals surface area contributed by atoms with Crippen LogP contribution in [0.25, 0.3) is 32.8 Å². The monoisotopic (exact) mass is 606 g/mol. The Labute approximate surface area is 238 Å². The Balaban J connectivity index is -0.000000548. The summed E-state index contributed by atoms with van der Waals surface area (Å²) in [5.41, 5.74) is 2.36. The molecule has 219 valence electrons. The average molecular weight is 607 g/mol. The molecule has 0 bridgehead atoms. The van der Waals surface area contributed by atoms with Crippen LogP contribution in [0.5, 0.6) is 0 Å². The van der Waals surface area contributed by atoms with E-state index in [-0.39, 0.29) is 44.5 Å². The summed E-state index contributed by atoms with van der Waals surface area (Å²) < 4.78 is 1.63. The minimum absolute atomic E-state index is 0. The SMILES string of the molecule is CC(=O)[O-].CCn1cc(C(=O)[O-])c(=O)c2ccc(C)nc21.O.O.O.[Cu+2].[OH3+].c1cnc2c(c1)ccc1cccnc12. The summed E-state index contributed by atoms with van der Waals surface area (Å²) in [5.74, 6) is -2.54. The van der Waals surface area contributed by atoms with Gasteiger partial charge in [0.2, 0.25) is 0 Å². The molecule has 4 heterocycles. The molecular formula is C26H31CuN4O9+. The van der Waals surface area contributed by atoms with E-state index in [0.29, 0.717) is 17.6 Å². The van der Waals surface area contributed by atoms with Gasteiger partial charge in [0.1, 0.15) is 5.65 Å². The topological polar surface area (TPSA) is 268 Å². The molecule has 5 aromatic rings. The minimum atomic E-state index is -1.46. The number of hydrogen-bond acceptors (Lipinski definition) is 8. The summed E-state index contributed by atoms with van der Waals surface area (Å²) in [6.45, 7) is 5.18. The van der Waals surface area contributed by atoms with E-state index < -0.39 is 17.4 Å². The van der Waals surface area contributed by atoms with Crippen molar-refractivity contribution in [3.8, 4) is 0 Å². The second-order valence-electron chi connectivity index (χ2n) is 7.48. The summed E-state index contributed by atoms with van der Waals surface area (Å²) in [6.07, 6.45) is 4.89. The first kappa shape index (κ1) is 40.2. The van der Waals surface area contributed by atoms with Crippen molar-refractivity contribution in [1.29, 1.82) is 0 Å². The van der Waals surface area contributed by atoms with Crippen molar-refractivity contribution in [2.75, 3.05) is 0 Å². The normalized spacial score (nSPS) is 8.97. The Morgan fingerprint density at radius 3 is 1.77 bits per heavy atom. The molecular weight excluding hydrogens is 576 g/mol. The number of carbonyl (C=O) groups excluding carboxylic acids is 2. The number of fused-ring (bicyclic) bond motifs is 4. The molecule has 13 nitrogen and oxygen atoms in total. The Morgan fingerprint density at radius 1 is 0.875 bits per heavy atom. The Kier molecular flexibility index (Phi) is 18.2. The summed E-state index contributed by atoms with van der Waals surface area (Å²) >= 11 is 0. The maximum absolute atomic E-state index is 11.9. The van der Waals surface area contributed by atoms with Crippen molar-refractivity contribution >= 4 is 44.8 Å². The number of carboxylic acid groups (broad SMARTS) is 2. The zero-order valence-corrected chi connectivity index (χ0v) is 22.7. The molecule has 1 radical (unpaired) electrons. The van der Waals surface area contributed by atoms with Crippen LogP contribution in [0.15, 0.2) is 71.9 Å². The van der Waals surface area contributed by atoms with Gasteiger partial charge in [0.05, 0.1) is 28.0 Å². The summed E-state index contributed by atoms with van der Waals surface area (Å²) in [4.78, 5) is 44.6.